The fourth-order valence-electron chi connectivity index (χ4n) is 2.02. The highest BCUT2D eigenvalue weighted by molar-refractivity contribution is 6.02. The number of halogens is 1. The molecule has 0 atom stereocenters. The van der Waals surface area contributed by atoms with Gasteiger partial charge in [0.2, 0.25) is 0 Å². The van der Waals surface area contributed by atoms with Crippen molar-refractivity contribution in [2.24, 2.45) is 16.5 Å². The number of carbonyl (C=O) groups excluding carboxylic acids is 1. The SMILES string of the molecule is CC(C)c1ccc(C(=O)N=C(N)N)cc1C(C)(C)C.Cl. The number of nitrogens with zero attached hydrogens (tertiary/aromatic N) is 1. The lowest BCUT2D eigenvalue weighted by Gasteiger charge is -2.25. The summed E-state index contributed by atoms with van der Waals surface area (Å²) >= 11 is 0. The molecule has 4 N–H and O–H groups in total. The second-order valence-corrected chi connectivity index (χ2v) is 6.05. The van der Waals surface area contributed by atoms with Gasteiger partial charge in [-0.05, 0) is 34.6 Å². The Hall–Kier alpha value is -1.55. The van der Waals surface area contributed by atoms with Crippen LogP contribution in [-0.2, 0) is 5.41 Å². The smallest absolute Gasteiger partial charge is 0.280 e. The summed E-state index contributed by atoms with van der Waals surface area (Å²) in [6, 6.07) is 5.66. The maximum atomic E-state index is 11.9. The lowest BCUT2D eigenvalue weighted by Crippen LogP contribution is -2.24. The Morgan fingerprint density at radius 3 is 2.15 bits per heavy atom. The van der Waals surface area contributed by atoms with Crippen LogP contribution in [-0.4, -0.2) is 11.9 Å². The van der Waals surface area contributed by atoms with Gasteiger partial charge in [0, 0.05) is 5.56 Å². The third-order valence-corrected chi connectivity index (χ3v) is 2.96. The van der Waals surface area contributed by atoms with Gasteiger partial charge in [0.25, 0.3) is 5.91 Å². The van der Waals surface area contributed by atoms with Crippen LogP contribution in [0.2, 0.25) is 0 Å². The van der Waals surface area contributed by atoms with Crippen LogP contribution in [0.3, 0.4) is 0 Å². The first kappa shape index (κ1) is 18.4. The van der Waals surface area contributed by atoms with E-state index in [1.165, 1.54) is 5.56 Å². The van der Waals surface area contributed by atoms with Gasteiger partial charge in [-0.3, -0.25) is 4.79 Å². The van der Waals surface area contributed by atoms with Crippen LogP contribution in [0.25, 0.3) is 0 Å². The number of guanidine groups is 1. The van der Waals surface area contributed by atoms with Crippen molar-refractivity contribution in [3.8, 4) is 0 Å². The maximum absolute atomic E-state index is 11.9. The molecule has 0 aliphatic heterocycles. The van der Waals surface area contributed by atoms with E-state index in [1.807, 2.05) is 12.1 Å². The van der Waals surface area contributed by atoms with E-state index in [-0.39, 0.29) is 23.8 Å². The number of hydrogen-bond donors (Lipinski definition) is 2. The van der Waals surface area contributed by atoms with E-state index < -0.39 is 5.91 Å². The summed E-state index contributed by atoms with van der Waals surface area (Å²) in [4.78, 5) is 15.4. The lowest BCUT2D eigenvalue weighted by atomic mass is 9.80. The average Bonchev–Trinajstić information content (AvgIpc) is 2.25. The van der Waals surface area contributed by atoms with Crippen molar-refractivity contribution in [2.45, 2.75) is 46.0 Å². The number of benzene rings is 1. The highest BCUT2D eigenvalue weighted by Crippen LogP contribution is 2.31. The summed E-state index contributed by atoms with van der Waals surface area (Å²) in [5, 5.41) is 0. The summed E-state index contributed by atoms with van der Waals surface area (Å²) in [5.74, 6) is -0.211. The molecule has 0 aliphatic carbocycles. The minimum atomic E-state index is -0.402. The number of amides is 1. The van der Waals surface area contributed by atoms with Gasteiger partial charge in [-0.15, -0.1) is 12.4 Å². The van der Waals surface area contributed by atoms with Gasteiger partial charge in [0.15, 0.2) is 5.96 Å². The largest absolute Gasteiger partial charge is 0.370 e. The zero-order chi connectivity index (χ0) is 14.8. The molecule has 1 aromatic carbocycles. The van der Waals surface area contributed by atoms with Gasteiger partial charge in [0.05, 0.1) is 0 Å². The minimum Gasteiger partial charge on any atom is -0.370 e. The van der Waals surface area contributed by atoms with Crippen molar-refractivity contribution in [3.05, 3.63) is 34.9 Å². The molecule has 0 spiro atoms. The summed E-state index contributed by atoms with van der Waals surface area (Å²) in [7, 11) is 0. The number of aliphatic imine (C=N–C) groups is 1. The van der Waals surface area contributed by atoms with Gasteiger partial charge in [-0.25, -0.2) is 0 Å². The molecule has 0 saturated carbocycles. The summed E-state index contributed by atoms with van der Waals surface area (Å²) in [5.41, 5.74) is 13.4. The molecule has 0 heterocycles. The van der Waals surface area contributed by atoms with Gasteiger partial charge in [-0.1, -0.05) is 40.7 Å². The molecule has 1 aromatic rings. The fraction of sp³-hybridized carbons (Fsp3) is 0.467. The van der Waals surface area contributed by atoms with Gasteiger partial charge in [0.1, 0.15) is 0 Å². The Bertz CT molecular complexity index is 512. The third kappa shape index (κ3) is 4.53. The van der Waals surface area contributed by atoms with E-state index in [1.54, 1.807) is 6.07 Å². The lowest BCUT2D eigenvalue weighted by molar-refractivity contribution is 0.100. The molecule has 0 bridgehead atoms. The number of nitrogens with two attached hydrogens (primary N) is 2. The molecule has 1 amide bonds. The predicted molar refractivity (Wildman–Crippen MR) is 86.6 cm³/mol. The molecule has 0 radical (unpaired) electrons. The average molecular weight is 298 g/mol. The molecule has 0 aliphatic rings. The van der Waals surface area contributed by atoms with Crippen molar-refractivity contribution in [3.63, 3.8) is 0 Å². The van der Waals surface area contributed by atoms with Crippen LogP contribution in [0.5, 0.6) is 0 Å². The van der Waals surface area contributed by atoms with Crippen LogP contribution in [0.1, 0.15) is 62.0 Å². The minimum absolute atomic E-state index is 0. The van der Waals surface area contributed by atoms with Crippen LogP contribution in [0.4, 0.5) is 0 Å². The molecule has 1 rings (SSSR count). The predicted octanol–water partition coefficient (Wildman–Crippen LogP) is 2.94. The number of carbonyl (C=O) groups is 1. The Kier molecular flexibility index (Phi) is 6.23. The number of rotatable bonds is 2. The van der Waals surface area contributed by atoms with Gasteiger partial charge < -0.3 is 11.5 Å². The molecule has 0 unspecified atom stereocenters. The first-order valence-electron chi connectivity index (χ1n) is 6.41. The third-order valence-electron chi connectivity index (χ3n) is 2.96. The fourth-order valence-corrected chi connectivity index (χ4v) is 2.02. The molecular weight excluding hydrogens is 274 g/mol. The zero-order valence-electron chi connectivity index (χ0n) is 12.7. The van der Waals surface area contributed by atoms with Crippen molar-refractivity contribution >= 4 is 24.3 Å². The second-order valence-electron chi connectivity index (χ2n) is 6.05. The monoisotopic (exact) mass is 297 g/mol. The molecule has 112 valence electrons. The molecule has 0 fully saturated rings. The normalized spacial score (nSPS) is 10.9. The first-order valence-corrected chi connectivity index (χ1v) is 6.41. The summed E-state index contributed by atoms with van der Waals surface area (Å²) < 4.78 is 0. The van der Waals surface area contributed by atoms with Crippen molar-refractivity contribution < 1.29 is 4.79 Å². The highest BCUT2D eigenvalue weighted by atomic mass is 35.5. The van der Waals surface area contributed by atoms with E-state index in [2.05, 4.69) is 39.6 Å². The Balaban J connectivity index is 0.00000361. The zero-order valence-corrected chi connectivity index (χ0v) is 13.5. The van der Waals surface area contributed by atoms with Crippen LogP contribution in [0.15, 0.2) is 23.2 Å². The molecule has 20 heavy (non-hydrogen) atoms. The first-order chi connectivity index (χ1) is 8.62. The quantitative estimate of drug-likeness (QED) is 0.650. The molecular formula is C15H24ClN3O. The van der Waals surface area contributed by atoms with E-state index in [0.29, 0.717) is 11.5 Å². The number of hydrogen-bond acceptors (Lipinski definition) is 1. The summed E-state index contributed by atoms with van der Waals surface area (Å²) in [6.45, 7) is 10.7. The van der Waals surface area contributed by atoms with Crippen molar-refractivity contribution in [2.75, 3.05) is 0 Å². The standard InChI is InChI=1S/C15H23N3O.ClH/c1-9(2)11-7-6-10(13(19)18-14(16)17)8-12(11)15(3,4)5;/h6-9H,1-5H3,(H4,16,17,18,19);1H. The maximum Gasteiger partial charge on any atom is 0.280 e. The highest BCUT2D eigenvalue weighted by Gasteiger charge is 2.21. The Morgan fingerprint density at radius 1 is 1.20 bits per heavy atom. The molecule has 4 nitrogen and oxygen atoms in total. The van der Waals surface area contributed by atoms with Crippen molar-refractivity contribution in [1.82, 2.24) is 0 Å². The van der Waals surface area contributed by atoms with E-state index in [4.69, 9.17) is 11.5 Å². The van der Waals surface area contributed by atoms with Crippen LogP contribution >= 0.6 is 12.4 Å². The Morgan fingerprint density at radius 2 is 1.75 bits per heavy atom. The van der Waals surface area contributed by atoms with E-state index >= 15 is 0 Å². The van der Waals surface area contributed by atoms with E-state index in [0.717, 1.165) is 5.56 Å². The van der Waals surface area contributed by atoms with Gasteiger partial charge in [-0.2, -0.15) is 4.99 Å². The molecule has 0 saturated heterocycles. The van der Waals surface area contributed by atoms with Crippen molar-refractivity contribution in [1.29, 1.82) is 0 Å². The topological polar surface area (TPSA) is 81.5 Å². The Labute approximate surface area is 127 Å². The molecule has 5 heteroatoms. The summed E-state index contributed by atoms with van der Waals surface area (Å²) in [6.07, 6.45) is 0. The molecule has 0 aromatic heterocycles. The van der Waals surface area contributed by atoms with Crippen LogP contribution in [0, 0.1) is 0 Å². The van der Waals surface area contributed by atoms with E-state index in [9.17, 15) is 4.79 Å². The van der Waals surface area contributed by atoms with Crippen LogP contribution < -0.4 is 11.5 Å². The second kappa shape index (κ2) is 6.75. The van der Waals surface area contributed by atoms with Gasteiger partial charge >= 0.3 is 0 Å².